The minimum absolute atomic E-state index is 0.0396. The molecule has 4 N–H and O–H groups in total. The van der Waals surface area contributed by atoms with Crippen LogP contribution in [0.4, 0.5) is 5.82 Å². The topological polar surface area (TPSA) is 144 Å². The van der Waals surface area contributed by atoms with Gasteiger partial charge in [-0.25, -0.2) is 15.0 Å². The fourth-order valence-electron chi connectivity index (χ4n) is 4.59. The first kappa shape index (κ1) is 25.6. The number of imidazole rings is 1. The van der Waals surface area contributed by atoms with Gasteiger partial charge in [0, 0.05) is 5.56 Å². The molecule has 38 heavy (non-hydrogen) atoms. The number of carbonyl (C=O) groups excluding carboxylic acids is 1. The molecule has 0 aliphatic carbocycles. The van der Waals surface area contributed by atoms with Crippen LogP contribution in [0.5, 0.6) is 5.75 Å². The van der Waals surface area contributed by atoms with E-state index in [0.717, 1.165) is 5.56 Å². The molecule has 1 aliphatic heterocycles. The van der Waals surface area contributed by atoms with Gasteiger partial charge in [-0.05, 0) is 37.6 Å². The zero-order chi connectivity index (χ0) is 26.6. The van der Waals surface area contributed by atoms with Crippen molar-refractivity contribution >= 4 is 22.9 Å². The Morgan fingerprint density at radius 2 is 1.97 bits per heavy atom. The molecule has 1 aliphatic rings. The maximum Gasteiger partial charge on any atom is 0.251 e. The molecule has 0 radical (unpaired) electrons. The summed E-state index contributed by atoms with van der Waals surface area (Å²) >= 11 is 0. The number of nitrogens with zero attached hydrogens (tertiary/aromatic N) is 4. The molecule has 4 aromatic rings. The fourth-order valence-corrected chi connectivity index (χ4v) is 4.59. The highest BCUT2D eigenvalue weighted by atomic mass is 16.5. The van der Waals surface area contributed by atoms with E-state index in [1.807, 2.05) is 44.2 Å². The Balaban J connectivity index is 1.43. The predicted molar refractivity (Wildman–Crippen MR) is 140 cm³/mol. The molecular formula is C27H30N6O5. The number of hydrogen-bond acceptors (Lipinski definition) is 9. The molecule has 3 heterocycles. The van der Waals surface area contributed by atoms with E-state index in [9.17, 15) is 15.0 Å². The van der Waals surface area contributed by atoms with Crippen LogP contribution >= 0.6 is 0 Å². The van der Waals surface area contributed by atoms with Crippen molar-refractivity contribution in [2.24, 2.45) is 0 Å². The number of rotatable bonds is 9. The third-order valence-electron chi connectivity index (χ3n) is 6.54. The molecule has 2 aromatic carbocycles. The highest BCUT2D eigenvalue weighted by Gasteiger charge is 2.46. The van der Waals surface area contributed by atoms with E-state index >= 15 is 0 Å². The third-order valence-corrected chi connectivity index (χ3v) is 6.54. The van der Waals surface area contributed by atoms with Crippen LogP contribution in [0, 0.1) is 0 Å². The van der Waals surface area contributed by atoms with E-state index in [2.05, 4.69) is 25.6 Å². The molecule has 1 fully saturated rings. The van der Waals surface area contributed by atoms with Gasteiger partial charge < -0.3 is 30.3 Å². The molecule has 2 aromatic heterocycles. The van der Waals surface area contributed by atoms with Gasteiger partial charge in [-0.2, -0.15) is 0 Å². The molecule has 11 heteroatoms. The number of aliphatic hydroxyl groups excluding tert-OH is 2. The summed E-state index contributed by atoms with van der Waals surface area (Å²) in [4.78, 5) is 26.4. The Kier molecular flexibility index (Phi) is 7.50. The first-order valence-corrected chi connectivity index (χ1v) is 12.5. The van der Waals surface area contributed by atoms with Crippen LogP contribution in [0.15, 0.2) is 67.3 Å². The first-order chi connectivity index (χ1) is 18.5. The maximum atomic E-state index is 13.1. The SMILES string of the molecule is CCOc1cccc(C(=O)N[C@@H]2[C@H](O)[C@@H](CO)O[C@H]2n2cnc3c(N[C@H](C)c4ccccc4)ncnc32)c1. The quantitative estimate of drug-likeness (QED) is 0.263. The lowest BCUT2D eigenvalue weighted by molar-refractivity contribution is -0.0440. The Hall–Kier alpha value is -4.06. The van der Waals surface area contributed by atoms with Gasteiger partial charge in [0.1, 0.15) is 30.3 Å². The Labute approximate surface area is 219 Å². The lowest BCUT2D eigenvalue weighted by Crippen LogP contribution is -2.46. The monoisotopic (exact) mass is 518 g/mol. The average molecular weight is 519 g/mol. The van der Waals surface area contributed by atoms with Gasteiger partial charge in [0.15, 0.2) is 23.2 Å². The molecule has 198 valence electrons. The van der Waals surface area contributed by atoms with E-state index in [0.29, 0.717) is 34.9 Å². The Bertz CT molecular complexity index is 1400. The van der Waals surface area contributed by atoms with Crippen molar-refractivity contribution in [3.63, 3.8) is 0 Å². The number of carbonyl (C=O) groups is 1. The summed E-state index contributed by atoms with van der Waals surface area (Å²) in [5, 5.41) is 27.0. The summed E-state index contributed by atoms with van der Waals surface area (Å²) in [5.74, 6) is 0.687. The van der Waals surface area contributed by atoms with Gasteiger partial charge in [0.2, 0.25) is 0 Å². The molecule has 1 saturated heterocycles. The first-order valence-electron chi connectivity index (χ1n) is 12.5. The average Bonchev–Trinajstić information content (AvgIpc) is 3.51. The van der Waals surface area contributed by atoms with Crippen molar-refractivity contribution in [2.45, 2.75) is 44.4 Å². The number of hydrogen-bond donors (Lipinski definition) is 4. The van der Waals surface area contributed by atoms with E-state index < -0.39 is 37.0 Å². The fraction of sp³-hybridized carbons (Fsp3) is 0.333. The van der Waals surface area contributed by atoms with Crippen molar-refractivity contribution < 1.29 is 24.5 Å². The van der Waals surface area contributed by atoms with Crippen LogP contribution in [0.25, 0.3) is 11.2 Å². The van der Waals surface area contributed by atoms with Crippen LogP contribution < -0.4 is 15.4 Å². The van der Waals surface area contributed by atoms with Gasteiger partial charge in [0.25, 0.3) is 5.91 Å². The highest BCUT2D eigenvalue weighted by molar-refractivity contribution is 5.95. The minimum atomic E-state index is -1.17. The number of aliphatic hydroxyl groups is 2. The third kappa shape index (κ3) is 5.03. The summed E-state index contributed by atoms with van der Waals surface area (Å²) in [7, 11) is 0. The van der Waals surface area contributed by atoms with Crippen molar-refractivity contribution in [1.82, 2.24) is 24.8 Å². The summed E-state index contributed by atoms with van der Waals surface area (Å²) in [6.45, 7) is 3.93. The van der Waals surface area contributed by atoms with Crippen molar-refractivity contribution in [3.05, 3.63) is 78.4 Å². The molecule has 5 atom stereocenters. The molecule has 0 saturated carbocycles. The van der Waals surface area contributed by atoms with Gasteiger partial charge in [0.05, 0.1) is 25.6 Å². The number of fused-ring (bicyclic) bond motifs is 1. The molecule has 5 rings (SSSR count). The van der Waals surface area contributed by atoms with E-state index in [4.69, 9.17) is 9.47 Å². The molecule has 0 unspecified atom stereocenters. The van der Waals surface area contributed by atoms with Crippen molar-refractivity contribution in [2.75, 3.05) is 18.5 Å². The molecule has 0 spiro atoms. The van der Waals surface area contributed by atoms with Crippen LogP contribution in [0.3, 0.4) is 0 Å². The summed E-state index contributed by atoms with van der Waals surface area (Å²) < 4.78 is 13.1. The van der Waals surface area contributed by atoms with Gasteiger partial charge >= 0.3 is 0 Å². The number of anilines is 1. The standard InChI is InChI=1S/C27H30N6O5/c1-3-37-19-11-7-10-18(12-19)26(36)32-21-23(35)20(13-34)38-27(21)33-15-30-22-24(28-14-29-25(22)33)31-16(2)17-8-5-4-6-9-17/h4-12,14-16,20-21,23,27,34-35H,3,13H2,1-2H3,(H,32,36)(H,28,29,31)/t16-,20-,21-,23-,27-/m1/s1. The normalized spacial score (nSPS) is 21.8. The minimum Gasteiger partial charge on any atom is -0.494 e. The second kappa shape index (κ2) is 11.1. The molecule has 1 amide bonds. The van der Waals surface area contributed by atoms with Crippen LogP contribution in [-0.4, -0.2) is 67.1 Å². The predicted octanol–water partition coefficient (Wildman–Crippen LogP) is 2.45. The largest absolute Gasteiger partial charge is 0.494 e. The van der Waals surface area contributed by atoms with Crippen LogP contribution in [0.2, 0.25) is 0 Å². The second-order valence-electron chi connectivity index (χ2n) is 9.02. The molecule has 0 bridgehead atoms. The Morgan fingerprint density at radius 3 is 2.74 bits per heavy atom. The smallest absolute Gasteiger partial charge is 0.251 e. The number of benzene rings is 2. The van der Waals surface area contributed by atoms with Crippen LogP contribution in [-0.2, 0) is 4.74 Å². The number of amides is 1. The Morgan fingerprint density at radius 1 is 1.16 bits per heavy atom. The van der Waals surface area contributed by atoms with E-state index in [1.165, 1.54) is 12.7 Å². The van der Waals surface area contributed by atoms with E-state index in [-0.39, 0.29) is 6.04 Å². The highest BCUT2D eigenvalue weighted by Crippen LogP contribution is 2.33. The van der Waals surface area contributed by atoms with Crippen molar-refractivity contribution in [1.29, 1.82) is 0 Å². The number of nitrogens with one attached hydrogen (secondary N) is 2. The van der Waals surface area contributed by atoms with Crippen molar-refractivity contribution in [3.8, 4) is 5.75 Å². The summed E-state index contributed by atoms with van der Waals surface area (Å²) in [6.07, 6.45) is 0.000884. The summed E-state index contributed by atoms with van der Waals surface area (Å²) in [5.41, 5.74) is 2.42. The zero-order valence-corrected chi connectivity index (χ0v) is 21.1. The van der Waals surface area contributed by atoms with E-state index in [1.54, 1.807) is 28.8 Å². The second-order valence-corrected chi connectivity index (χ2v) is 9.02. The van der Waals surface area contributed by atoms with Gasteiger partial charge in [-0.3, -0.25) is 9.36 Å². The molecule has 11 nitrogen and oxygen atoms in total. The number of aromatic nitrogens is 4. The lowest BCUT2D eigenvalue weighted by atomic mass is 10.1. The van der Waals surface area contributed by atoms with Crippen LogP contribution in [0.1, 0.15) is 42.0 Å². The lowest BCUT2D eigenvalue weighted by Gasteiger charge is -2.23. The van der Waals surface area contributed by atoms with Gasteiger partial charge in [-0.15, -0.1) is 0 Å². The number of ether oxygens (including phenoxy) is 2. The molecular weight excluding hydrogens is 488 g/mol. The zero-order valence-electron chi connectivity index (χ0n) is 21.1. The summed E-state index contributed by atoms with van der Waals surface area (Å²) in [6, 6.07) is 15.8. The van der Waals surface area contributed by atoms with Gasteiger partial charge in [-0.1, -0.05) is 36.4 Å². The maximum absolute atomic E-state index is 13.1.